The number of alkyl halides is 2. The molecule has 8 heteroatoms. The fraction of sp³-hybridized carbons (Fsp3) is 0.360. The second-order valence-corrected chi connectivity index (χ2v) is 8.58. The fourth-order valence-electron chi connectivity index (χ4n) is 4.99. The number of carbonyl (C=O) groups excluding carboxylic acids is 1. The molecule has 0 spiro atoms. The number of anilines is 2. The largest absolute Gasteiger partial charge is 0.453 e. The lowest BCUT2D eigenvalue weighted by atomic mass is 9.91. The summed E-state index contributed by atoms with van der Waals surface area (Å²) < 4.78 is 34.9. The van der Waals surface area contributed by atoms with Crippen LogP contribution in [0.5, 0.6) is 0 Å². The van der Waals surface area contributed by atoms with Gasteiger partial charge in [-0.2, -0.15) is 5.10 Å². The van der Waals surface area contributed by atoms with E-state index in [1.165, 1.54) is 12.7 Å². The van der Waals surface area contributed by atoms with Crippen molar-refractivity contribution in [1.82, 2.24) is 14.7 Å². The summed E-state index contributed by atoms with van der Waals surface area (Å²) in [6, 6.07) is 9.65. The smallest absolute Gasteiger partial charge is 0.409 e. The van der Waals surface area contributed by atoms with Crippen LogP contribution in [-0.4, -0.2) is 41.0 Å². The molecule has 3 aromatic rings. The molecule has 1 amide bonds. The highest BCUT2D eigenvalue weighted by Gasteiger charge is 2.29. The summed E-state index contributed by atoms with van der Waals surface area (Å²) in [7, 11) is 3.16. The van der Waals surface area contributed by atoms with Gasteiger partial charge in [0, 0.05) is 48.8 Å². The van der Waals surface area contributed by atoms with Crippen LogP contribution in [0.3, 0.4) is 0 Å². The van der Waals surface area contributed by atoms with Gasteiger partial charge in [0.2, 0.25) is 0 Å². The van der Waals surface area contributed by atoms with E-state index in [4.69, 9.17) is 4.74 Å². The van der Waals surface area contributed by atoms with Crippen molar-refractivity contribution in [3.63, 3.8) is 0 Å². The lowest BCUT2D eigenvalue weighted by Gasteiger charge is -2.37. The Hall–Kier alpha value is -3.42. The summed E-state index contributed by atoms with van der Waals surface area (Å²) in [4.78, 5) is 16.0. The van der Waals surface area contributed by atoms with Crippen molar-refractivity contribution in [2.24, 2.45) is 7.05 Å². The van der Waals surface area contributed by atoms with Gasteiger partial charge in [-0.15, -0.1) is 0 Å². The molecule has 0 atom stereocenters. The highest BCUT2D eigenvalue weighted by atomic mass is 19.3. The van der Waals surface area contributed by atoms with Crippen LogP contribution in [0.15, 0.2) is 42.7 Å². The molecule has 172 valence electrons. The Labute approximate surface area is 191 Å². The van der Waals surface area contributed by atoms with Crippen LogP contribution in [-0.2, 0) is 31.2 Å². The number of amides is 1. The molecule has 0 saturated carbocycles. The number of carbonyl (C=O) groups is 1. The van der Waals surface area contributed by atoms with E-state index in [1.54, 1.807) is 35.1 Å². The Bertz CT molecular complexity index is 1210. The molecule has 2 aliphatic heterocycles. The standard InChI is InChI=1S/C25H26F2N4O2/c1-29-14-18(13-28-29)19-11-17-6-4-9-31(23(17)12-20(19)24(26)27)22-7-3-5-16-8-10-30(15-21(16)22)25(32)33-2/h3,5,7,11-14,24H,4,6,8-10,15H2,1-2H3. The van der Waals surface area contributed by atoms with E-state index in [2.05, 4.69) is 16.1 Å². The van der Waals surface area contributed by atoms with Crippen molar-refractivity contribution in [3.05, 3.63) is 65.0 Å². The second kappa shape index (κ2) is 8.50. The molecule has 1 aromatic heterocycles. The SMILES string of the molecule is COC(=O)N1CCc2cccc(N3CCCc4cc(-c5cnn(C)c5)c(C(F)F)cc43)c2C1. The molecule has 0 N–H and O–H groups in total. The van der Waals surface area contributed by atoms with Crippen LogP contribution in [0, 0.1) is 0 Å². The highest BCUT2D eigenvalue weighted by molar-refractivity contribution is 5.78. The Kier molecular flexibility index (Phi) is 5.52. The average molecular weight is 453 g/mol. The van der Waals surface area contributed by atoms with Crippen LogP contribution in [0.1, 0.15) is 35.1 Å². The maximum absolute atomic E-state index is 14.2. The number of hydrogen-bond acceptors (Lipinski definition) is 4. The zero-order valence-corrected chi connectivity index (χ0v) is 18.7. The van der Waals surface area contributed by atoms with E-state index < -0.39 is 6.43 Å². The zero-order chi connectivity index (χ0) is 23.1. The zero-order valence-electron chi connectivity index (χ0n) is 18.7. The minimum atomic E-state index is -2.60. The topological polar surface area (TPSA) is 50.6 Å². The van der Waals surface area contributed by atoms with E-state index in [0.717, 1.165) is 48.3 Å². The summed E-state index contributed by atoms with van der Waals surface area (Å²) in [6.07, 6.45) is 2.92. The quantitative estimate of drug-likeness (QED) is 0.546. The first-order chi connectivity index (χ1) is 16.0. The van der Waals surface area contributed by atoms with Crippen molar-refractivity contribution in [2.75, 3.05) is 25.1 Å². The number of aromatic nitrogens is 2. The van der Waals surface area contributed by atoms with Gasteiger partial charge in [0.15, 0.2) is 0 Å². The third kappa shape index (κ3) is 3.83. The molecular weight excluding hydrogens is 426 g/mol. The van der Waals surface area contributed by atoms with Gasteiger partial charge in [-0.3, -0.25) is 4.68 Å². The lowest BCUT2D eigenvalue weighted by Crippen LogP contribution is -2.37. The number of hydrogen-bond donors (Lipinski definition) is 0. The van der Waals surface area contributed by atoms with Gasteiger partial charge >= 0.3 is 6.09 Å². The molecule has 0 radical (unpaired) electrons. The number of fused-ring (bicyclic) bond motifs is 2. The third-order valence-electron chi connectivity index (χ3n) is 6.59. The van der Waals surface area contributed by atoms with Crippen molar-refractivity contribution < 1.29 is 18.3 Å². The van der Waals surface area contributed by atoms with Crippen molar-refractivity contribution >= 4 is 17.5 Å². The van der Waals surface area contributed by atoms with E-state index in [0.29, 0.717) is 24.2 Å². The number of halogens is 2. The molecule has 0 unspecified atom stereocenters. The first-order valence-corrected chi connectivity index (χ1v) is 11.1. The van der Waals surface area contributed by atoms with Crippen molar-refractivity contribution in [3.8, 4) is 11.1 Å². The Morgan fingerprint density at radius 3 is 2.70 bits per heavy atom. The van der Waals surface area contributed by atoms with E-state index in [9.17, 15) is 13.6 Å². The van der Waals surface area contributed by atoms with Gasteiger partial charge in [0.25, 0.3) is 6.43 Å². The molecular formula is C25H26F2N4O2. The molecule has 0 bridgehead atoms. The first-order valence-electron chi connectivity index (χ1n) is 11.1. The molecule has 5 rings (SSSR count). The van der Waals surface area contributed by atoms with Crippen LogP contribution >= 0.6 is 0 Å². The number of aryl methyl sites for hydroxylation is 2. The van der Waals surface area contributed by atoms with Crippen molar-refractivity contribution in [2.45, 2.75) is 32.2 Å². The molecule has 33 heavy (non-hydrogen) atoms. The van der Waals surface area contributed by atoms with Gasteiger partial charge in [0.05, 0.1) is 19.9 Å². The van der Waals surface area contributed by atoms with Crippen molar-refractivity contribution in [1.29, 1.82) is 0 Å². The predicted octanol–water partition coefficient (Wildman–Crippen LogP) is 5.23. The first kappa shape index (κ1) is 21.4. The van der Waals surface area contributed by atoms with Crippen LogP contribution in [0.2, 0.25) is 0 Å². The molecule has 6 nitrogen and oxygen atoms in total. The normalized spacial score (nSPS) is 15.4. The highest BCUT2D eigenvalue weighted by Crippen LogP contribution is 2.43. The molecule has 2 aromatic carbocycles. The van der Waals surface area contributed by atoms with Gasteiger partial charge in [-0.1, -0.05) is 12.1 Å². The van der Waals surface area contributed by atoms with Gasteiger partial charge in [0.1, 0.15) is 0 Å². The lowest BCUT2D eigenvalue weighted by molar-refractivity contribution is 0.118. The Morgan fingerprint density at radius 1 is 1.12 bits per heavy atom. The molecule has 0 saturated heterocycles. The number of benzene rings is 2. The van der Waals surface area contributed by atoms with Crippen LogP contribution < -0.4 is 4.90 Å². The third-order valence-corrected chi connectivity index (χ3v) is 6.59. The number of methoxy groups -OCH3 is 1. The number of nitrogens with zero attached hydrogens (tertiary/aromatic N) is 4. The Morgan fingerprint density at radius 2 is 1.97 bits per heavy atom. The van der Waals surface area contributed by atoms with Gasteiger partial charge < -0.3 is 14.5 Å². The molecule has 2 aliphatic rings. The maximum Gasteiger partial charge on any atom is 0.409 e. The number of ether oxygens (including phenoxy) is 1. The summed E-state index contributed by atoms with van der Waals surface area (Å²) in [5, 5.41) is 4.16. The van der Waals surface area contributed by atoms with E-state index >= 15 is 0 Å². The fourth-order valence-corrected chi connectivity index (χ4v) is 4.99. The molecule has 0 fully saturated rings. The summed E-state index contributed by atoms with van der Waals surface area (Å²) in [5.41, 5.74) is 6.29. The molecule has 0 aliphatic carbocycles. The average Bonchev–Trinajstić information content (AvgIpc) is 3.27. The summed E-state index contributed by atoms with van der Waals surface area (Å²) in [6.45, 7) is 1.78. The minimum Gasteiger partial charge on any atom is -0.453 e. The van der Waals surface area contributed by atoms with E-state index in [-0.39, 0.29) is 11.7 Å². The van der Waals surface area contributed by atoms with E-state index in [1.807, 2.05) is 18.2 Å². The maximum atomic E-state index is 14.2. The number of rotatable bonds is 3. The van der Waals surface area contributed by atoms with Gasteiger partial charge in [-0.05, 0) is 59.7 Å². The van der Waals surface area contributed by atoms with Crippen LogP contribution in [0.25, 0.3) is 11.1 Å². The van der Waals surface area contributed by atoms with Gasteiger partial charge in [-0.25, -0.2) is 13.6 Å². The second-order valence-electron chi connectivity index (χ2n) is 8.58. The molecule has 3 heterocycles. The summed E-state index contributed by atoms with van der Waals surface area (Å²) in [5.74, 6) is 0. The predicted molar refractivity (Wildman–Crippen MR) is 122 cm³/mol. The summed E-state index contributed by atoms with van der Waals surface area (Å²) >= 11 is 0. The Balaban J connectivity index is 1.60. The minimum absolute atomic E-state index is 0.00892. The van der Waals surface area contributed by atoms with Crippen LogP contribution in [0.4, 0.5) is 25.0 Å². The monoisotopic (exact) mass is 452 g/mol.